The van der Waals surface area contributed by atoms with Crippen LogP contribution < -0.4 is 0 Å². The van der Waals surface area contributed by atoms with Crippen molar-refractivity contribution in [3.8, 4) is 0 Å². The SMILES string of the molecule is CC(=O)O[C@H]1CC[C@@]2(C)C(=C/C(=N\O)[C@@H]3[C@H]4CC[C@H]([C@H](C)CCCC(C)C)[C@@]4(C)CC[C@H]32)C1. The zero-order valence-electron chi connectivity index (χ0n) is 21.9. The fraction of sp³-hybridized carbons (Fsp3) is 0.862. The highest BCUT2D eigenvalue weighted by Crippen LogP contribution is 2.67. The molecule has 186 valence electrons. The number of esters is 1. The van der Waals surface area contributed by atoms with Crippen molar-refractivity contribution < 1.29 is 14.7 Å². The number of ether oxygens (including phenoxy) is 1. The van der Waals surface area contributed by atoms with E-state index in [2.05, 4.69) is 45.9 Å². The van der Waals surface area contributed by atoms with Gasteiger partial charge in [-0.25, -0.2) is 0 Å². The van der Waals surface area contributed by atoms with Crippen molar-refractivity contribution in [1.82, 2.24) is 0 Å². The summed E-state index contributed by atoms with van der Waals surface area (Å²) in [5, 5.41) is 14.0. The highest BCUT2D eigenvalue weighted by Gasteiger charge is 2.61. The molecule has 4 heteroatoms. The molecule has 0 radical (unpaired) electrons. The van der Waals surface area contributed by atoms with E-state index >= 15 is 0 Å². The molecule has 4 nitrogen and oxygen atoms in total. The van der Waals surface area contributed by atoms with E-state index in [1.165, 1.54) is 57.4 Å². The van der Waals surface area contributed by atoms with Crippen LogP contribution in [0.15, 0.2) is 16.8 Å². The number of rotatable bonds is 6. The Labute approximate surface area is 201 Å². The fourth-order valence-electron chi connectivity index (χ4n) is 8.85. The largest absolute Gasteiger partial charge is 0.462 e. The van der Waals surface area contributed by atoms with Gasteiger partial charge in [-0.15, -0.1) is 0 Å². The van der Waals surface area contributed by atoms with E-state index in [9.17, 15) is 10.0 Å². The van der Waals surface area contributed by atoms with E-state index in [1.807, 2.05) is 0 Å². The first-order valence-corrected chi connectivity index (χ1v) is 13.7. The Balaban J connectivity index is 1.56. The molecule has 0 saturated heterocycles. The molecule has 0 bridgehead atoms. The first-order chi connectivity index (χ1) is 15.6. The van der Waals surface area contributed by atoms with Gasteiger partial charge in [0.05, 0.1) is 5.71 Å². The lowest BCUT2D eigenvalue weighted by atomic mass is 9.46. The van der Waals surface area contributed by atoms with Gasteiger partial charge in [0.1, 0.15) is 6.10 Å². The molecule has 0 spiro atoms. The molecular weight excluding hydrogens is 410 g/mol. The molecule has 8 atom stereocenters. The predicted octanol–water partition coefficient (Wildman–Crippen LogP) is 7.40. The standard InChI is InChI=1S/C29H47NO3/c1-18(2)8-7-9-19(3)23-10-11-24-27-25(13-15-29(23,24)6)28(5)14-12-22(33-20(4)31)16-21(28)17-26(27)30-32/h17-19,22-25,27,32H,7-16H2,1-6H3/b30-26+/t19-,22+,23-,24-,25-,27-,28+,29-/m1/s1. The maximum atomic E-state index is 11.5. The minimum Gasteiger partial charge on any atom is -0.462 e. The monoisotopic (exact) mass is 457 g/mol. The van der Waals surface area contributed by atoms with Crippen molar-refractivity contribution in [3.63, 3.8) is 0 Å². The summed E-state index contributed by atoms with van der Waals surface area (Å²) >= 11 is 0. The second kappa shape index (κ2) is 9.38. The predicted molar refractivity (Wildman–Crippen MR) is 133 cm³/mol. The number of nitrogens with zero attached hydrogens (tertiary/aromatic N) is 1. The molecule has 4 aliphatic carbocycles. The molecular formula is C29H47NO3. The molecule has 0 aromatic heterocycles. The molecule has 0 heterocycles. The van der Waals surface area contributed by atoms with Gasteiger partial charge in [-0.05, 0) is 85.0 Å². The Hall–Kier alpha value is -1.32. The summed E-state index contributed by atoms with van der Waals surface area (Å²) in [6, 6.07) is 0. The van der Waals surface area contributed by atoms with Crippen LogP contribution in [0.25, 0.3) is 0 Å². The van der Waals surface area contributed by atoms with Gasteiger partial charge >= 0.3 is 5.97 Å². The molecule has 3 saturated carbocycles. The average Bonchev–Trinajstić information content (AvgIpc) is 3.10. The Morgan fingerprint density at radius 3 is 2.55 bits per heavy atom. The normalized spacial score (nSPS) is 42.3. The summed E-state index contributed by atoms with van der Waals surface area (Å²) in [4.78, 5) is 11.5. The van der Waals surface area contributed by atoms with Gasteiger partial charge in [0.25, 0.3) is 0 Å². The summed E-state index contributed by atoms with van der Waals surface area (Å²) in [6.07, 6.45) is 14.1. The lowest BCUT2D eigenvalue weighted by molar-refractivity contribution is -0.148. The second-order valence-electron chi connectivity index (χ2n) is 12.9. The molecule has 4 rings (SSSR count). The topological polar surface area (TPSA) is 58.9 Å². The van der Waals surface area contributed by atoms with Crippen LogP contribution >= 0.6 is 0 Å². The number of oxime groups is 1. The first-order valence-electron chi connectivity index (χ1n) is 13.7. The molecule has 0 amide bonds. The second-order valence-corrected chi connectivity index (χ2v) is 12.9. The summed E-state index contributed by atoms with van der Waals surface area (Å²) in [5.74, 6) is 3.67. The van der Waals surface area contributed by atoms with Gasteiger partial charge in [-0.3, -0.25) is 4.79 Å². The zero-order chi connectivity index (χ0) is 24.0. The fourth-order valence-corrected chi connectivity index (χ4v) is 8.85. The molecule has 1 N–H and O–H groups in total. The number of carbonyl (C=O) groups is 1. The molecule has 0 unspecified atom stereocenters. The maximum Gasteiger partial charge on any atom is 0.302 e. The molecule has 0 aromatic rings. The van der Waals surface area contributed by atoms with Crippen LogP contribution in [-0.4, -0.2) is 23.0 Å². The van der Waals surface area contributed by atoms with E-state index in [-0.39, 0.29) is 17.5 Å². The molecule has 33 heavy (non-hydrogen) atoms. The third-order valence-electron chi connectivity index (χ3n) is 10.6. The van der Waals surface area contributed by atoms with Crippen LogP contribution in [0.1, 0.15) is 106 Å². The Morgan fingerprint density at radius 2 is 1.88 bits per heavy atom. The first kappa shape index (κ1) is 24.8. The van der Waals surface area contributed by atoms with E-state index in [0.29, 0.717) is 23.2 Å². The van der Waals surface area contributed by atoms with Crippen LogP contribution in [-0.2, 0) is 9.53 Å². The van der Waals surface area contributed by atoms with Crippen LogP contribution in [0.4, 0.5) is 0 Å². The third kappa shape index (κ3) is 4.41. The lowest BCUT2D eigenvalue weighted by Gasteiger charge is -2.58. The van der Waals surface area contributed by atoms with Crippen molar-refractivity contribution in [2.24, 2.45) is 51.5 Å². The zero-order valence-corrected chi connectivity index (χ0v) is 21.9. The summed E-state index contributed by atoms with van der Waals surface area (Å²) < 4.78 is 5.58. The Bertz CT molecular complexity index is 801. The number of hydrogen-bond acceptors (Lipinski definition) is 4. The molecule has 0 aliphatic heterocycles. The minimum atomic E-state index is -0.193. The van der Waals surface area contributed by atoms with Crippen molar-refractivity contribution in [2.45, 2.75) is 112 Å². The summed E-state index contributed by atoms with van der Waals surface area (Å²) in [7, 11) is 0. The number of carbonyl (C=O) groups excluding carboxylic acids is 1. The van der Waals surface area contributed by atoms with Crippen LogP contribution in [0.3, 0.4) is 0 Å². The number of fused-ring (bicyclic) bond motifs is 5. The van der Waals surface area contributed by atoms with Crippen LogP contribution in [0, 0.1) is 46.3 Å². The van der Waals surface area contributed by atoms with Gasteiger partial charge in [0.2, 0.25) is 0 Å². The Morgan fingerprint density at radius 1 is 1.12 bits per heavy atom. The Kier molecular flexibility index (Phi) is 7.05. The van der Waals surface area contributed by atoms with E-state index in [0.717, 1.165) is 42.7 Å². The number of hydrogen-bond donors (Lipinski definition) is 1. The highest BCUT2D eigenvalue weighted by atomic mass is 16.5. The van der Waals surface area contributed by atoms with Crippen LogP contribution in [0.2, 0.25) is 0 Å². The van der Waals surface area contributed by atoms with Gasteiger partial charge in [-0.2, -0.15) is 0 Å². The van der Waals surface area contributed by atoms with Gasteiger partial charge in [-0.1, -0.05) is 64.6 Å². The van der Waals surface area contributed by atoms with Crippen molar-refractivity contribution in [2.75, 3.05) is 0 Å². The lowest BCUT2D eigenvalue weighted by Crippen LogP contribution is -2.54. The minimum absolute atomic E-state index is 0.0327. The smallest absolute Gasteiger partial charge is 0.302 e. The summed E-state index contributed by atoms with van der Waals surface area (Å²) in [5.41, 5.74) is 2.73. The van der Waals surface area contributed by atoms with E-state index in [4.69, 9.17) is 4.74 Å². The van der Waals surface area contributed by atoms with Gasteiger partial charge < -0.3 is 9.94 Å². The molecule has 3 fully saturated rings. The van der Waals surface area contributed by atoms with Crippen molar-refractivity contribution >= 4 is 11.7 Å². The van der Waals surface area contributed by atoms with Crippen molar-refractivity contribution in [3.05, 3.63) is 11.6 Å². The van der Waals surface area contributed by atoms with E-state index in [1.54, 1.807) is 0 Å². The number of allylic oxidation sites excluding steroid dienone is 1. The van der Waals surface area contributed by atoms with Crippen LogP contribution in [0.5, 0.6) is 0 Å². The highest BCUT2D eigenvalue weighted by molar-refractivity contribution is 5.99. The third-order valence-corrected chi connectivity index (χ3v) is 10.6. The summed E-state index contributed by atoms with van der Waals surface area (Å²) in [6.45, 7) is 13.7. The van der Waals surface area contributed by atoms with Crippen molar-refractivity contribution in [1.29, 1.82) is 0 Å². The molecule has 4 aliphatic rings. The van der Waals surface area contributed by atoms with Gasteiger partial charge in [0.15, 0.2) is 0 Å². The average molecular weight is 458 g/mol. The molecule has 0 aromatic carbocycles. The quantitative estimate of drug-likeness (QED) is 0.257. The van der Waals surface area contributed by atoms with Gasteiger partial charge in [0, 0.05) is 19.3 Å². The van der Waals surface area contributed by atoms with E-state index < -0.39 is 0 Å². The maximum absolute atomic E-state index is 11.5.